The monoisotopic (exact) mass is 356 g/mol. The summed E-state index contributed by atoms with van der Waals surface area (Å²) >= 11 is 1.40. The van der Waals surface area contributed by atoms with Crippen molar-refractivity contribution in [3.05, 3.63) is 29.9 Å². The summed E-state index contributed by atoms with van der Waals surface area (Å²) in [5.41, 5.74) is 1.72. The standard InChI is InChI=1S/C18H20N4O2S/c23-16-8-13(12-5-1-2-6-14(12)20-16)17(24)22-18-21-15(10-25-18)11-4-3-7-19-9-11/h3-4,7,9-10,12-14H,1-2,5-6,8H2,(H,20,23)(H,21,22,24). The Bertz CT molecular complexity index is 776. The summed E-state index contributed by atoms with van der Waals surface area (Å²) in [6.07, 6.45) is 7.96. The van der Waals surface area contributed by atoms with Gasteiger partial charge in [-0.1, -0.05) is 12.8 Å². The zero-order chi connectivity index (χ0) is 17.2. The number of anilines is 1. The van der Waals surface area contributed by atoms with Crippen molar-refractivity contribution in [2.45, 2.75) is 38.1 Å². The van der Waals surface area contributed by atoms with E-state index >= 15 is 0 Å². The number of carbonyl (C=O) groups excluding carboxylic acids is 2. The number of pyridine rings is 1. The second-order valence-electron chi connectivity index (χ2n) is 6.70. The lowest BCUT2D eigenvalue weighted by atomic mass is 9.72. The predicted octanol–water partition coefficient (Wildman–Crippen LogP) is 2.84. The van der Waals surface area contributed by atoms with Crippen molar-refractivity contribution in [3.63, 3.8) is 0 Å². The highest BCUT2D eigenvalue weighted by Crippen LogP contribution is 2.36. The van der Waals surface area contributed by atoms with Crippen molar-refractivity contribution in [1.82, 2.24) is 15.3 Å². The summed E-state index contributed by atoms with van der Waals surface area (Å²) in [5, 5.41) is 8.46. The highest BCUT2D eigenvalue weighted by molar-refractivity contribution is 7.14. The first-order valence-corrected chi connectivity index (χ1v) is 9.55. The van der Waals surface area contributed by atoms with Crippen LogP contribution in [-0.2, 0) is 9.59 Å². The summed E-state index contributed by atoms with van der Waals surface area (Å²) in [5.74, 6) is -0.119. The maximum Gasteiger partial charge on any atom is 0.230 e. The van der Waals surface area contributed by atoms with Gasteiger partial charge in [0.2, 0.25) is 11.8 Å². The lowest BCUT2D eigenvalue weighted by molar-refractivity contribution is -0.134. The molecule has 0 spiro atoms. The molecule has 4 rings (SSSR count). The second kappa shape index (κ2) is 6.92. The number of thiazole rings is 1. The van der Waals surface area contributed by atoms with Crippen LogP contribution in [0, 0.1) is 11.8 Å². The molecule has 1 saturated heterocycles. The number of amides is 2. The van der Waals surface area contributed by atoms with Gasteiger partial charge < -0.3 is 10.6 Å². The fraction of sp³-hybridized carbons (Fsp3) is 0.444. The van der Waals surface area contributed by atoms with E-state index in [0.717, 1.165) is 36.9 Å². The summed E-state index contributed by atoms with van der Waals surface area (Å²) in [6, 6.07) is 3.94. The molecule has 0 aromatic carbocycles. The SMILES string of the molecule is O=C1CC(C(=O)Nc2nc(-c3cccnc3)cs2)C2CCCCC2N1. The Morgan fingerprint density at radius 2 is 2.20 bits per heavy atom. The van der Waals surface area contributed by atoms with Crippen molar-refractivity contribution in [2.24, 2.45) is 11.8 Å². The number of fused-ring (bicyclic) bond motifs is 1. The molecular formula is C18H20N4O2S. The van der Waals surface area contributed by atoms with E-state index in [1.54, 1.807) is 12.4 Å². The maximum atomic E-state index is 12.8. The van der Waals surface area contributed by atoms with E-state index in [1.807, 2.05) is 17.5 Å². The van der Waals surface area contributed by atoms with Gasteiger partial charge in [-0.3, -0.25) is 14.6 Å². The Hall–Kier alpha value is -2.28. The molecular weight excluding hydrogens is 336 g/mol. The van der Waals surface area contributed by atoms with E-state index in [4.69, 9.17) is 0 Å². The molecule has 1 saturated carbocycles. The Morgan fingerprint density at radius 3 is 3.04 bits per heavy atom. The average molecular weight is 356 g/mol. The molecule has 0 radical (unpaired) electrons. The van der Waals surface area contributed by atoms with Crippen LogP contribution in [0.2, 0.25) is 0 Å². The van der Waals surface area contributed by atoms with Gasteiger partial charge in [0.15, 0.2) is 5.13 Å². The smallest absolute Gasteiger partial charge is 0.230 e. The topological polar surface area (TPSA) is 84.0 Å². The van der Waals surface area contributed by atoms with Crippen molar-refractivity contribution >= 4 is 28.3 Å². The number of piperidine rings is 1. The van der Waals surface area contributed by atoms with Gasteiger partial charge in [-0.05, 0) is 30.9 Å². The van der Waals surface area contributed by atoms with Crippen LogP contribution in [-0.4, -0.2) is 27.8 Å². The van der Waals surface area contributed by atoms with E-state index in [-0.39, 0.29) is 36.1 Å². The molecule has 3 atom stereocenters. The Labute approximate surface area is 150 Å². The van der Waals surface area contributed by atoms with Crippen LogP contribution in [0.3, 0.4) is 0 Å². The van der Waals surface area contributed by atoms with Crippen molar-refractivity contribution in [2.75, 3.05) is 5.32 Å². The highest BCUT2D eigenvalue weighted by atomic mass is 32.1. The number of hydrogen-bond donors (Lipinski definition) is 2. The van der Waals surface area contributed by atoms with Gasteiger partial charge >= 0.3 is 0 Å². The van der Waals surface area contributed by atoms with Crippen LogP contribution in [0.5, 0.6) is 0 Å². The minimum atomic E-state index is -0.259. The van der Waals surface area contributed by atoms with Crippen LogP contribution < -0.4 is 10.6 Å². The summed E-state index contributed by atoms with van der Waals surface area (Å²) < 4.78 is 0. The first-order valence-electron chi connectivity index (χ1n) is 8.67. The fourth-order valence-corrected chi connectivity index (χ4v) is 4.62. The summed E-state index contributed by atoms with van der Waals surface area (Å²) in [6.45, 7) is 0. The third-order valence-electron chi connectivity index (χ3n) is 5.12. The molecule has 2 aromatic heterocycles. The minimum Gasteiger partial charge on any atom is -0.353 e. The first kappa shape index (κ1) is 16.2. The molecule has 2 aromatic rings. The van der Waals surface area contributed by atoms with E-state index in [1.165, 1.54) is 11.3 Å². The zero-order valence-corrected chi connectivity index (χ0v) is 14.6. The summed E-state index contributed by atoms with van der Waals surface area (Å²) in [7, 11) is 0. The molecule has 1 aliphatic carbocycles. The number of rotatable bonds is 3. The van der Waals surface area contributed by atoms with Gasteiger partial charge in [0.25, 0.3) is 0 Å². The third kappa shape index (κ3) is 3.42. The minimum absolute atomic E-state index is 0.0153. The van der Waals surface area contributed by atoms with Crippen molar-refractivity contribution < 1.29 is 9.59 Å². The molecule has 6 nitrogen and oxygen atoms in total. The van der Waals surface area contributed by atoms with Crippen LogP contribution in [0.25, 0.3) is 11.3 Å². The third-order valence-corrected chi connectivity index (χ3v) is 5.87. The van der Waals surface area contributed by atoms with Gasteiger partial charge in [-0.25, -0.2) is 4.98 Å². The Kier molecular flexibility index (Phi) is 4.48. The molecule has 2 aliphatic rings. The van der Waals surface area contributed by atoms with Gasteiger partial charge in [-0.2, -0.15) is 0 Å². The number of nitrogens with one attached hydrogen (secondary N) is 2. The Balaban J connectivity index is 1.48. The van der Waals surface area contributed by atoms with E-state index in [0.29, 0.717) is 5.13 Å². The van der Waals surface area contributed by atoms with Crippen LogP contribution >= 0.6 is 11.3 Å². The van der Waals surface area contributed by atoms with Gasteiger partial charge in [0, 0.05) is 35.8 Å². The molecule has 3 heterocycles. The van der Waals surface area contributed by atoms with Gasteiger partial charge in [0.1, 0.15) is 0 Å². The predicted molar refractivity (Wildman–Crippen MR) is 96.0 cm³/mol. The van der Waals surface area contributed by atoms with Crippen molar-refractivity contribution in [3.8, 4) is 11.3 Å². The second-order valence-corrected chi connectivity index (χ2v) is 7.56. The fourth-order valence-electron chi connectivity index (χ4n) is 3.90. The van der Waals surface area contributed by atoms with E-state index in [2.05, 4.69) is 20.6 Å². The van der Waals surface area contributed by atoms with Gasteiger partial charge in [0.05, 0.1) is 11.6 Å². The van der Waals surface area contributed by atoms with Crippen LogP contribution in [0.1, 0.15) is 32.1 Å². The van der Waals surface area contributed by atoms with Crippen molar-refractivity contribution in [1.29, 1.82) is 0 Å². The average Bonchev–Trinajstić information content (AvgIpc) is 3.10. The highest BCUT2D eigenvalue weighted by Gasteiger charge is 2.41. The normalized spacial score (nSPS) is 25.8. The Morgan fingerprint density at radius 1 is 1.32 bits per heavy atom. The van der Waals surface area contributed by atoms with Crippen LogP contribution in [0.4, 0.5) is 5.13 Å². The quantitative estimate of drug-likeness (QED) is 0.886. The van der Waals surface area contributed by atoms with Crippen LogP contribution in [0.15, 0.2) is 29.9 Å². The molecule has 25 heavy (non-hydrogen) atoms. The van der Waals surface area contributed by atoms with Gasteiger partial charge in [-0.15, -0.1) is 11.3 Å². The number of aromatic nitrogens is 2. The molecule has 1 aliphatic heterocycles. The molecule has 0 bridgehead atoms. The lowest BCUT2D eigenvalue weighted by Gasteiger charge is -2.40. The van der Waals surface area contributed by atoms with E-state index in [9.17, 15) is 9.59 Å². The zero-order valence-electron chi connectivity index (χ0n) is 13.8. The van der Waals surface area contributed by atoms with E-state index < -0.39 is 0 Å². The molecule has 2 N–H and O–H groups in total. The number of hydrogen-bond acceptors (Lipinski definition) is 5. The largest absolute Gasteiger partial charge is 0.353 e. The number of nitrogens with zero attached hydrogens (tertiary/aromatic N) is 2. The molecule has 2 fully saturated rings. The lowest BCUT2D eigenvalue weighted by Crippen LogP contribution is -2.53. The molecule has 2 amide bonds. The number of carbonyl (C=O) groups is 2. The molecule has 7 heteroatoms. The molecule has 130 valence electrons. The first-order chi connectivity index (χ1) is 12.2. The summed E-state index contributed by atoms with van der Waals surface area (Å²) in [4.78, 5) is 33.3. The molecule has 3 unspecified atom stereocenters. The maximum absolute atomic E-state index is 12.8.